The molecule has 0 spiro atoms. The first kappa shape index (κ1) is 21.3. The van der Waals surface area contributed by atoms with E-state index in [1.807, 2.05) is 43.7 Å². The van der Waals surface area contributed by atoms with Crippen molar-refractivity contribution in [3.05, 3.63) is 82.3 Å². The molecule has 0 unspecified atom stereocenters. The molecule has 0 saturated heterocycles. The molecular weight excluding hydrogens is 438 g/mol. The summed E-state index contributed by atoms with van der Waals surface area (Å²) in [4.78, 5) is 24.4. The number of anilines is 2. The van der Waals surface area contributed by atoms with E-state index in [-0.39, 0.29) is 5.56 Å². The number of rotatable bonds is 6. The van der Waals surface area contributed by atoms with Crippen molar-refractivity contribution in [1.29, 1.82) is 0 Å². The zero-order valence-electron chi connectivity index (χ0n) is 20.0. The SMILES string of the molecule is CCn1nc(-c2ccc(-n3cc(C4CC4)nc3C)cc2)nc1Nc1ccc2c(=O)[nH]ccc2c1C. The van der Waals surface area contributed by atoms with Crippen LogP contribution in [0.3, 0.4) is 0 Å². The minimum absolute atomic E-state index is 0.0887. The number of aromatic amines is 1. The van der Waals surface area contributed by atoms with Gasteiger partial charge in [0.1, 0.15) is 5.82 Å². The highest BCUT2D eigenvalue weighted by Gasteiger charge is 2.26. The second kappa shape index (κ2) is 8.23. The van der Waals surface area contributed by atoms with Crippen LogP contribution in [0.2, 0.25) is 0 Å². The summed E-state index contributed by atoms with van der Waals surface area (Å²) in [5.41, 5.74) is 5.03. The number of nitrogens with one attached hydrogen (secondary N) is 2. The number of hydrogen-bond acceptors (Lipinski definition) is 5. The van der Waals surface area contributed by atoms with Gasteiger partial charge >= 0.3 is 0 Å². The van der Waals surface area contributed by atoms with E-state index in [1.165, 1.54) is 18.5 Å². The monoisotopic (exact) mass is 465 g/mol. The Morgan fingerprint density at radius 1 is 1.03 bits per heavy atom. The number of fused-ring (bicyclic) bond motifs is 1. The third kappa shape index (κ3) is 3.80. The molecule has 6 rings (SSSR count). The normalized spacial score (nSPS) is 13.5. The minimum atomic E-state index is -0.0887. The molecule has 0 radical (unpaired) electrons. The summed E-state index contributed by atoms with van der Waals surface area (Å²) in [7, 11) is 0. The van der Waals surface area contributed by atoms with Crippen molar-refractivity contribution in [2.24, 2.45) is 0 Å². The number of benzene rings is 2. The van der Waals surface area contributed by atoms with Crippen molar-refractivity contribution in [2.75, 3.05) is 5.32 Å². The van der Waals surface area contributed by atoms with Gasteiger partial charge in [-0.2, -0.15) is 4.98 Å². The van der Waals surface area contributed by atoms with Crippen LogP contribution in [0.25, 0.3) is 27.8 Å². The third-order valence-corrected chi connectivity index (χ3v) is 6.74. The van der Waals surface area contributed by atoms with Crippen molar-refractivity contribution >= 4 is 22.4 Å². The molecule has 1 saturated carbocycles. The summed E-state index contributed by atoms with van der Waals surface area (Å²) in [6.07, 6.45) is 6.33. The van der Waals surface area contributed by atoms with Gasteiger partial charge < -0.3 is 14.9 Å². The van der Waals surface area contributed by atoms with Gasteiger partial charge in [0.15, 0.2) is 5.82 Å². The predicted octanol–water partition coefficient (Wildman–Crippen LogP) is 5.23. The maximum atomic E-state index is 12.1. The fourth-order valence-corrected chi connectivity index (χ4v) is 4.56. The highest BCUT2D eigenvalue weighted by atomic mass is 16.1. The highest BCUT2D eigenvalue weighted by Crippen LogP contribution is 2.39. The van der Waals surface area contributed by atoms with Crippen molar-refractivity contribution < 1.29 is 0 Å². The van der Waals surface area contributed by atoms with E-state index in [4.69, 9.17) is 15.1 Å². The maximum absolute atomic E-state index is 12.1. The van der Waals surface area contributed by atoms with Crippen LogP contribution < -0.4 is 10.9 Å². The van der Waals surface area contributed by atoms with Crippen LogP contribution in [0.15, 0.2) is 59.7 Å². The van der Waals surface area contributed by atoms with Gasteiger partial charge in [-0.3, -0.25) is 4.79 Å². The Balaban J connectivity index is 1.30. The van der Waals surface area contributed by atoms with E-state index in [0.29, 0.717) is 29.6 Å². The van der Waals surface area contributed by atoms with Gasteiger partial charge in [0.05, 0.1) is 5.69 Å². The number of aryl methyl sites for hydroxylation is 3. The molecule has 3 aromatic heterocycles. The number of pyridine rings is 1. The zero-order chi connectivity index (χ0) is 24.1. The summed E-state index contributed by atoms with van der Waals surface area (Å²) < 4.78 is 4.00. The summed E-state index contributed by atoms with van der Waals surface area (Å²) in [6, 6.07) is 14.0. The number of hydrogen-bond donors (Lipinski definition) is 2. The standard InChI is InChI=1S/C27H27N7O/c1-4-34-27(30-23-12-11-22-21(16(23)2)13-14-28-26(22)35)31-25(32-34)19-7-9-20(10-8-19)33-15-24(18-5-6-18)29-17(33)3/h7-15,18H,4-6H2,1-3H3,(H,28,35)(H,30,31,32). The van der Waals surface area contributed by atoms with Crippen LogP contribution in [-0.4, -0.2) is 29.3 Å². The fraction of sp³-hybridized carbons (Fsp3) is 0.259. The predicted molar refractivity (Wildman–Crippen MR) is 138 cm³/mol. The molecule has 1 fully saturated rings. The Morgan fingerprint density at radius 2 is 1.83 bits per heavy atom. The van der Waals surface area contributed by atoms with Crippen LogP contribution in [0.1, 0.15) is 42.8 Å². The molecule has 2 aromatic carbocycles. The smallest absolute Gasteiger partial charge is 0.255 e. The van der Waals surface area contributed by atoms with Crippen LogP contribution in [0.5, 0.6) is 0 Å². The second-order valence-electron chi connectivity index (χ2n) is 9.11. The molecule has 2 N–H and O–H groups in total. The van der Waals surface area contributed by atoms with Gasteiger partial charge in [-0.15, -0.1) is 5.10 Å². The molecule has 8 nitrogen and oxygen atoms in total. The van der Waals surface area contributed by atoms with Crippen LogP contribution in [-0.2, 0) is 6.54 Å². The average Bonchev–Trinajstić information content (AvgIpc) is 3.53. The van der Waals surface area contributed by atoms with Gasteiger partial charge in [0, 0.05) is 47.2 Å². The minimum Gasteiger partial charge on any atom is -0.329 e. The fourth-order valence-electron chi connectivity index (χ4n) is 4.56. The quantitative estimate of drug-likeness (QED) is 0.358. The van der Waals surface area contributed by atoms with Gasteiger partial charge in [0.2, 0.25) is 5.95 Å². The Labute approximate surface area is 202 Å². The van der Waals surface area contributed by atoms with Crippen molar-refractivity contribution in [3.63, 3.8) is 0 Å². The Kier molecular flexibility index (Phi) is 5.02. The van der Waals surface area contributed by atoms with E-state index < -0.39 is 0 Å². The van der Waals surface area contributed by atoms with Gasteiger partial charge in [-0.25, -0.2) is 9.67 Å². The molecule has 5 aromatic rings. The largest absolute Gasteiger partial charge is 0.329 e. The van der Waals surface area contributed by atoms with Crippen LogP contribution >= 0.6 is 0 Å². The third-order valence-electron chi connectivity index (χ3n) is 6.74. The lowest BCUT2D eigenvalue weighted by Crippen LogP contribution is -2.07. The molecule has 1 aliphatic rings. The summed E-state index contributed by atoms with van der Waals surface area (Å²) in [6.45, 7) is 6.77. The van der Waals surface area contributed by atoms with E-state index >= 15 is 0 Å². The molecule has 8 heteroatoms. The first-order valence-electron chi connectivity index (χ1n) is 12.0. The number of H-pyrrole nitrogens is 1. The lowest BCUT2D eigenvalue weighted by Gasteiger charge is -2.11. The number of aromatic nitrogens is 6. The first-order valence-corrected chi connectivity index (χ1v) is 12.0. The van der Waals surface area contributed by atoms with Gasteiger partial charge in [0.25, 0.3) is 5.56 Å². The molecular formula is C27H27N7O. The van der Waals surface area contributed by atoms with Crippen molar-refractivity contribution in [2.45, 2.75) is 46.1 Å². The van der Waals surface area contributed by atoms with Crippen molar-refractivity contribution in [3.8, 4) is 17.1 Å². The van der Waals surface area contributed by atoms with E-state index in [1.54, 1.807) is 6.20 Å². The Morgan fingerprint density at radius 3 is 2.57 bits per heavy atom. The summed E-state index contributed by atoms with van der Waals surface area (Å²) in [5.74, 6) is 2.97. The highest BCUT2D eigenvalue weighted by molar-refractivity contribution is 5.89. The molecule has 0 bridgehead atoms. The van der Waals surface area contributed by atoms with E-state index in [9.17, 15) is 4.79 Å². The zero-order valence-corrected chi connectivity index (χ0v) is 20.0. The number of imidazole rings is 1. The molecule has 0 atom stereocenters. The van der Waals surface area contributed by atoms with Crippen LogP contribution in [0.4, 0.5) is 11.6 Å². The van der Waals surface area contributed by atoms with E-state index in [0.717, 1.165) is 33.7 Å². The summed E-state index contributed by atoms with van der Waals surface area (Å²) in [5, 5.41) is 9.73. The molecule has 1 aliphatic carbocycles. The molecule has 0 amide bonds. The maximum Gasteiger partial charge on any atom is 0.255 e. The van der Waals surface area contributed by atoms with E-state index in [2.05, 4.69) is 45.3 Å². The molecule has 35 heavy (non-hydrogen) atoms. The van der Waals surface area contributed by atoms with Crippen LogP contribution in [0, 0.1) is 13.8 Å². The molecule has 3 heterocycles. The first-order chi connectivity index (χ1) is 17.0. The van der Waals surface area contributed by atoms with Crippen molar-refractivity contribution in [1.82, 2.24) is 29.3 Å². The average molecular weight is 466 g/mol. The molecule has 0 aliphatic heterocycles. The number of nitrogens with zero attached hydrogens (tertiary/aromatic N) is 5. The second-order valence-corrected chi connectivity index (χ2v) is 9.11. The van der Waals surface area contributed by atoms with Gasteiger partial charge in [-0.05, 0) is 87.0 Å². The lowest BCUT2D eigenvalue weighted by atomic mass is 10.1. The van der Waals surface area contributed by atoms with Gasteiger partial charge in [-0.1, -0.05) is 0 Å². The Bertz CT molecular complexity index is 1600. The lowest BCUT2D eigenvalue weighted by molar-refractivity contribution is 0.669. The summed E-state index contributed by atoms with van der Waals surface area (Å²) >= 11 is 0. The molecule has 176 valence electrons. The Hall–Kier alpha value is -4.20. The topological polar surface area (TPSA) is 93.4 Å².